The maximum Gasteiger partial charge on any atom is 0.153 e. The van der Waals surface area contributed by atoms with Crippen LogP contribution in [0.3, 0.4) is 0 Å². The first kappa shape index (κ1) is 18.4. The summed E-state index contributed by atoms with van der Waals surface area (Å²) in [6.07, 6.45) is 0.857. The van der Waals surface area contributed by atoms with Crippen LogP contribution in [0.4, 0.5) is 0 Å². The van der Waals surface area contributed by atoms with Crippen molar-refractivity contribution in [3.05, 3.63) is 96.6 Å². The topological polar surface area (TPSA) is 34.1 Å². The van der Waals surface area contributed by atoms with E-state index in [1.165, 1.54) is 0 Å². The molecule has 3 aromatic carbocycles. The molecule has 0 radical (unpaired) electrons. The molecule has 3 aromatic rings. The summed E-state index contributed by atoms with van der Waals surface area (Å²) in [5, 5.41) is 1.49. The third-order valence-electron chi connectivity index (χ3n) is 4.71. The molecule has 0 aliphatic carbocycles. The molecule has 0 saturated heterocycles. The Hall–Kier alpha value is -2.44. The average molecular weight is 362 g/mol. The zero-order valence-electron chi connectivity index (χ0n) is 14.9. The van der Waals surface area contributed by atoms with Gasteiger partial charge in [0.1, 0.15) is 5.78 Å². The van der Waals surface area contributed by atoms with Crippen LogP contribution >= 0.6 is 7.14 Å². The molecule has 3 rings (SSSR count). The molecule has 0 heterocycles. The van der Waals surface area contributed by atoms with Crippen LogP contribution in [0.5, 0.6) is 0 Å². The third kappa shape index (κ3) is 3.71. The fourth-order valence-electron chi connectivity index (χ4n) is 3.33. The number of Topliss-reactive ketones (excluding diaryl/α,β-unsaturated/α-hetero) is 1. The number of hydrogen-bond acceptors (Lipinski definition) is 2. The first-order chi connectivity index (χ1) is 12.7. The van der Waals surface area contributed by atoms with Crippen molar-refractivity contribution < 1.29 is 9.36 Å². The van der Waals surface area contributed by atoms with E-state index in [1.54, 1.807) is 0 Å². The van der Waals surface area contributed by atoms with Crippen LogP contribution in [0.2, 0.25) is 0 Å². The predicted molar refractivity (Wildman–Crippen MR) is 109 cm³/mol. The molecule has 0 aliphatic heterocycles. The van der Waals surface area contributed by atoms with Crippen molar-refractivity contribution in [3.8, 4) is 0 Å². The first-order valence-corrected chi connectivity index (χ1v) is 10.7. The summed E-state index contributed by atoms with van der Waals surface area (Å²) >= 11 is 0. The minimum absolute atomic E-state index is 0.0462. The lowest BCUT2D eigenvalue weighted by Crippen LogP contribution is -2.33. The molecule has 0 amide bonds. The highest BCUT2D eigenvalue weighted by molar-refractivity contribution is 7.80. The van der Waals surface area contributed by atoms with Gasteiger partial charge >= 0.3 is 0 Å². The van der Waals surface area contributed by atoms with Gasteiger partial charge in [0.05, 0.1) is 5.66 Å². The van der Waals surface area contributed by atoms with Crippen molar-refractivity contribution in [1.82, 2.24) is 0 Å². The molecule has 132 valence electrons. The molecule has 0 N–H and O–H groups in total. The van der Waals surface area contributed by atoms with E-state index in [0.717, 1.165) is 16.2 Å². The molecular weight excluding hydrogens is 339 g/mol. The van der Waals surface area contributed by atoms with Crippen molar-refractivity contribution in [2.75, 3.05) is 0 Å². The minimum Gasteiger partial charge on any atom is -0.313 e. The molecule has 0 spiro atoms. The van der Waals surface area contributed by atoms with Crippen molar-refractivity contribution >= 4 is 23.5 Å². The van der Waals surface area contributed by atoms with Gasteiger partial charge in [-0.25, -0.2) is 0 Å². The zero-order valence-corrected chi connectivity index (χ0v) is 15.8. The van der Waals surface area contributed by atoms with Crippen molar-refractivity contribution in [2.45, 2.75) is 25.4 Å². The second kappa shape index (κ2) is 8.29. The lowest BCUT2D eigenvalue weighted by Gasteiger charge is -2.28. The van der Waals surface area contributed by atoms with Gasteiger partial charge in [0.25, 0.3) is 0 Å². The smallest absolute Gasteiger partial charge is 0.153 e. The summed E-state index contributed by atoms with van der Waals surface area (Å²) in [7, 11) is -3.12. The minimum atomic E-state index is -3.12. The van der Waals surface area contributed by atoms with Crippen LogP contribution in [-0.2, 0) is 15.8 Å². The molecule has 3 heteroatoms. The van der Waals surface area contributed by atoms with Gasteiger partial charge in [-0.3, -0.25) is 4.79 Å². The van der Waals surface area contributed by atoms with Gasteiger partial charge in [0.2, 0.25) is 0 Å². The maximum absolute atomic E-state index is 14.5. The molecular formula is C23H23O2P. The number of hydrogen-bond donors (Lipinski definition) is 0. The number of rotatable bonds is 7. The summed E-state index contributed by atoms with van der Waals surface area (Å²) < 4.78 is 14.5. The van der Waals surface area contributed by atoms with Gasteiger partial charge in [0.15, 0.2) is 7.14 Å². The largest absolute Gasteiger partial charge is 0.313 e. The predicted octanol–water partition coefficient (Wildman–Crippen LogP) is 4.59. The SMILES string of the molecule is CCC(=O)C(Cc1ccccc1)P(=O)(c1ccccc1)c1ccccc1. The van der Waals surface area contributed by atoms with Crippen molar-refractivity contribution in [1.29, 1.82) is 0 Å². The van der Waals surface area contributed by atoms with E-state index in [9.17, 15) is 9.36 Å². The van der Waals surface area contributed by atoms with E-state index < -0.39 is 12.8 Å². The molecule has 0 bridgehead atoms. The van der Waals surface area contributed by atoms with Crippen LogP contribution in [0, 0.1) is 0 Å². The average Bonchev–Trinajstić information content (AvgIpc) is 2.73. The fraction of sp³-hybridized carbons (Fsp3) is 0.174. The van der Waals surface area contributed by atoms with Crippen LogP contribution in [-0.4, -0.2) is 11.4 Å². The monoisotopic (exact) mass is 362 g/mol. The third-order valence-corrected chi connectivity index (χ3v) is 8.19. The first-order valence-electron chi connectivity index (χ1n) is 8.94. The Morgan fingerprint density at radius 2 is 1.19 bits per heavy atom. The molecule has 1 atom stereocenters. The molecule has 0 aliphatic rings. The molecule has 0 aromatic heterocycles. The van der Waals surface area contributed by atoms with Crippen LogP contribution in [0.15, 0.2) is 91.0 Å². The highest BCUT2D eigenvalue weighted by atomic mass is 31.2. The van der Waals surface area contributed by atoms with Crippen LogP contribution < -0.4 is 10.6 Å². The Labute approximate surface area is 155 Å². The quantitative estimate of drug-likeness (QED) is 0.576. The second-order valence-corrected chi connectivity index (χ2v) is 9.33. The number of carbonyl (C=O) groups excluding carboxylic acids is 1. The maximum atomic E-state index is 14.5. The lowest BCUT2D eigenvalue weighted by molar-refractivity contribution is -0.118. The van der Waals surface area contributed by atoms with Gasteiger partial charge in [-0.15, -0.1) is 0 Å². The Kier molecular flexibility index (Phi) is 5.85. The van der Waals surface area contributed by atoms with E-state index in [2.05, 4.69) is 0 Å². The van der Waals surface area contributed by atoms with E-state index in [4.69, 9.17) is 0 Å². The molecule has 26 heavy (non-hydrogen) atoms. The fourth-order valence-corrected chi connectivity index (χ4v) is 6.63. The van der Waals surface area contributed by atoms with Crippen LogP contribution in [0.25, 0.3) is 0 Å². The molecule has 1 unspecified atom stereocenters. The summed E-state index contributed by atoms with van der Waals surface area (Å²) in [4.78, 5) is 12.9. The lowest BCUT2D eigenvalue weighted by atomic mass is 10.1. The molecule has 0 saturated carbocycles. The second-order valence-electron chi connectivity index (χ2n) is 6.35. The molecule has 2 nitrogen and oxygen atoms in total. The summed E-state index contributed by atoms with van der Waals surface area (Å²) in [6.45, 7) is 1.85. The summed E-state index contributed by atoms with van der Waals surface area (Å²) in [6, 6.07) is 28.8. The normalized spacial score (nSPS) is 12.5. The number of carbonyl (C=O) groups is 1. The van der Waals surface area contributed by atoms with Crippen molar-refractivity contribution in [3.63, 3.8) is 0 Å². The molecule has 0 fully saturated rings. The Balaban J connectivity index is 2.17. The van der Waals surface area contributed by atoms with Gasteiger partial charge in [-0.1, -0.05) is 97.9 Å². The van der Waals surface area contributed by atoms with E-state index in [-0.39, 0.29) is 5.78 Å². The van der Waals surface area contributed by atoms with Gasteiger partial charge in [0, 0.05) is 17.0 Å². The Bertz CT molecular complexity index is 846. The summed E-state index contributed by atoms with van der Waals surface area (Å²) in [5.41, 5.74) is 0.478. The highest BCUT2D eigenvalue weighted by Crippen LogP contribution is 2.50. The van der Waals surface area contributed by atoms with Gasteiger partial charge in [-0.05, 0) is 12.0 Å². The standard InChI is InChI=1S/C23H23O2P/c1-2-22(24)23(18-19-12-6-3-7-13-19)26(25,20-14-8-4-9-15-20)21-16-10-5-11-17-21/h3-17,23H,2,18H2,1H3. The van der Waals surface area contributed by atoms with E-state index >= 15 is 0 Å². The Morgan fingerprint density at radius 3 is 1.62 bits per heavy atom. The van der Waals surface area contributed by atoms with Crippen LogP contribution in [0.1, 0.15) is 18.9 Å². The zero-order chi connectivity index (χ0) is 18.4. The highest BCUT2D eigenvalue weighted by Gasteiger charge is 2.40. The van der Waals surface area contributed by atoms with E-state index in [1.807, 2.05) is 97.9 Å². The Morgan fingerprint density at radius 1 is 0.769 bits per heavy atom. The number of benzene rings is 3. The van der Waals surface area contributed by atoms with Gasteiger partial charge in [-0.2, -0.15) is 0 Å². The van der Waals surface area contributed by atoms with E-state index in [0.29, 0.717) is 12.8 Å². The van der Waals surface area contributed by atoms with Crippen molar-refractivity contribution in [2.24, 2.45) is 0 Å². The summed E-state index contributed by atoms with van der Waals surface area (Å²) in [5.74, 6) is 0.0462. The van der Waals surface area contributed by atoms with Gasteiger partial charge < -0.3 is 4.57 Å². The number of ketones is 1.